The molecular weight excluding hydrogens is 285 g/mol. The summed E-state index contributed by atoms with van der Waals surface area (Å²) in [6.45, 7) is 3.70. The molecule has 5 nitrogen and oxygen atoms in total. The summed E-state index contributed by atoms with van der Waals surface area (Å²) in [6, 6.07) is 2.26. The SMILES string of the molecule is CCCNCC1COc2c(F)cc(S(C)(=O)=O)cc2O1. The van der Waals surface area contributed by atoms with Gasteiger partial charge in [0.05, 0.1) is 4.90 Å². The van der Waals surface area contributed by atoms with Crippen LogP contribution in [0.5, 0.6) is 11.5 Å². The maximum absolute atomic E-state index is 13.8. The number of benzene rings is 1. The van der Waals surface area contributed by atoms with E-state index in [1.807, 2.05) is 6.92 Å². The zero-order valence-electron chi connectivity index (χ0n) is 11.5. The number of rotatable bonds is 5. The molecule has 0 fully saturated rings. The second-order valence-electron chi connectivity index (χ2n) is 4.76. The number of nitrogens with one attached hydrogen (secondary N) is 1. The number of halogens is 1. The lowest BCUT2D eigenvalue weighted by Gasteiger charge is -2.27. The van der Waals surface area contributed by atoms with Gasteiger partial charge in [0.15, 0.2) is 27.2 Å². The van der Waals surface area contributed by atoms with Crippen molar-refractivity contribution < 1.29 is 22.3 Å². The minimum atomic E-state index is -3.49. The van der Waals surface area contributed by atoms with Crippen LogP contribution in [-0.4, -0.2) is 40.5 Å². The van der Waals surface area contributed by atoms with Crippen LogP contribution in [0.1, 0.15) is 13.3 Å². The molecule has 1 N–H and O–H groups in total. The van der Waals surface area contributed by atoms with E-state index in [0.717, 1.165) is 25.3 Å². The van der Waals surface area contributed by atoms with Crippen molar-refractivity contribution in [1.82, 2.24) is 5.32 Å². The van der Waals surface area contributed by atoms with E-state index in [1.165, 1.54) is 6.07 Å². The van der Waals surface area contributed by atoms with Crippen LogP contribution in [0.2, 0.25) is 0 Å². The Kier molecular flexibility index (Phi) is 4.49. The highest BCUT2D eigenvalue weighted by Gasteiger charge is 2.26. The summed E-state index contributed by atoms with van der Waals surface area (Å²) in [7, 11) is -3.49. The van der Waals surface area contributed by atoms with Crippen molar-refractivity contribution in [1.29, 1.82) is 0 Å². The van der Waals surface area contributed by atoms with Gasteiger partial charge in [-0.1, -0.05) is 6.92 Å². The predicted molar refractivity (Wildman–Crippen MR) is 72.6 cm³/mol. The van der Waals surface area contributed by atoms with Crippen LogP contribution in [-0.2, 0) is 9.84 Å². The fourth-order valence-corrected chi connectivity index (χ4v) is 2.56. The summed E-state index contributed by atoms with van der Waals surface area (Å²) in [4.78, 5) is -0.112. The Bertz CT molecular complexity index is 588. The molecule has 1 aromatic carbocycles. The second kappa shape index (κ2) is 5.97. The summed E-state index contributed by atoms with van der Waals surface area (Å²) in [6.07, 6.45) is 1.76. The highest BCUT2D eigenvalue weighted by molar-refractivity contribution is 7.90. The molecule has 20 heavy (non-hydrogen) atoms. The first-order valence-electron chi connectivity index (χ1n) is 6.45. The quantitative estimate of drug-likeness (QED) is 0.832. The fourth-order valence-electron chi connectivity index (χ4n) is 1.92. The minimum Gasteiger partial charge on any atom is -0.483 e. The summed E-state index contributed by atoms with van der Waals surface area (Å²) in [5, 5.41) is 3.18. The maximum Gasteiger partial charge on any atom is 0.197 e. The molecule has 0 saturated carbocycles. The average Bonchev–Trinajstić information content (AvgIpc) is 2.37. The summed E-state index contributed by atoms with van der Waals surface area (Å²) in [5.74, 6) is -0.605. The van der Waals surface area contributed by atoms with Gasteiger partial charge in [-0.2, -0.15) is 0 Å². The van der Waals surface area contributed by atoms with E-state index in [-0.39, 0.29) is 29.1 Å². The zero-order chi connectivity index (χ0) is 14.8. The van der Waals surface area contributed by atoms with Gasteiger partial charge in [-0.25, -0.2) is 12.8 Å². The summed E-state index contributed by atoms with van der Waals surface area (Å²) < 4.78 is 47.7. The molecule has 1 atom stereocenters. The molecule has 0 amide bonds. The Hall–Kier alpha value is -1.34. The third-order valence-corrected chi connectivity index (χ3v) is 4.01. The number of ether oxygens (including phenoxy) is 2. The van der Waals surface area contributed by atoms with Crippen molar-refractivity contribution >= 4 is 9.84 Å². The van der Waals surface area contributed by atoms with Crippen molar-refractivity contribution in [3.05, 3.63) is 17.9 Å². The van der Waals surface area contributed by atoms with Gasteiger partial charge < -0.3 is 14.8 Å². The van der Waals surface area contributed by atoms with Crippen LogP contribution in [0.15, 0.2) is 17.0 Å². The predicted octanol–water partition coefficient (Wildman–Crippen LogP) is 1.37. The van der Waals surface area contributed by atoms with Crippen molar-refractivity contribution in [3.63, 3.8) is 0 Å². The van der Waals surface area contributed by atoms with Gasteiger partial charge in [0.25, 0.3) is 0 Å². The van der Waals surface area contributed by atoms with Gasteiger partial charge in [-0.3, -0.25) is 0 Å². The Labute approximate surface area is 118 Å². The number of sulfone groups is 1. The smallest absolute Gasteiger partial charge is 0.197 e. The molecule has 0 spiro atoms. The highest BCUT2D eigenvalue weighted by Crippen LogP contribution is 2.36. The molecule has 0 saturated heterocycles. The van der Waals surface area contributed by atoms with Gasteiger partial charge in [0.2, 0.25) is 0 Å². The number of hydrogen-bond donors (Lipinski definition) is 1. The summed E-state index contributed by atoms with van der Waals surface area (Å²) in [5.41, 5.74) is 0. The molecule has 2 rings (SSSR count). The second-order valence-corrected chi connectivity index (χ2v) is 6.78. The molecule has 1 aliphatic rings. The first-order valence-corrected chi connectivity index (χ1v) is 8.34. The van der Waals surface area contributed by atoms with Crippen LogP contribution in [0.4, 0.5) is 4.39 Å². The molecule has 1 aromatic rings. The van der Waals surface area contributed by atoms with E-state index in [9.17, 15) is 12.8 Å². The molecule has 0 aromatic heterocycles. The standard InChI is InChI=1S/C13H18FNO4S/c1-3-4-15-7-9-8-18-13-11(14)5-10(20(2,16)17)6-12(13)19-9/h5-6,9,15H,3-4,7-8H2,1-2H3. The minimum absolute atomic E-state index is 0.0239. The topological polar surface area (TPSA) is 64.6 Å². The molecule has 0 radical (unpaired) electrons. The molecule has 1 heterocycles. The van der Waals surface area contributed by atoms with E-state index in [0.29, 0.717) is 6.54 Å². The first kappa shape index (κ1) is 15.1. The lowest BCUT2D eigenvalue weighted by atomic mass is 10.2. The molecule has 1 aliphatic heterocycles. The molecule has 0 aliphatic carbocycles. The van der Waals surface area contributed by atoms with Gasteiger partial charge in [0, 0.05) is 18.9 Å². The van der Waals surface area contributed by atoms with Crippen LogP contribution in [0.25, 0.3) is 0 Å². The molecule has 112 valence electrons. The Balaban J connectivity index is 2.20. The first-order chi connectivity index (χ1) is 9.41. The Morgan fingerprint density at radius 3 is 2.85 bits per heavy atom. The van der Waals surface area contributed by atoms with Crippen molar-refractivity contribution in [2.75, 3.05) is 26.0 Å². The van der Waals surface area contributed by atoms with Gasteiger partial charge in [0.1, 0.15) is 12.7 Å². The molecule has 0 bridgehead atoms. The van der Waals surface area contributed by atoms with E-state index < -0.39 is 15.7 Å². The lowest BCUT2D eigenvalue weighted by Crippen LogP contribution is -2.39. The van der Waals surface area contributed by atoms with Crippen molar-refractivity contribution in [2.45, 2.75) is 24.3 Å². The van der Waals surface area contributed by atoms with E-state index in [2.05, 4.69) is 5.32 Å². The van der Waals surface area contributed by atoms with E-state index >= 15 is 0 Å². The number of fused-ring (bicyclic) bond motifs is 1. The zero-order valence-corrected chi connectivity index (χ0v) is 12.3. The highest BCUT2D eigenvalue weighted by atomic mass is 32.2. The molecule has 1 unspecified atom stereocenters. The van der Waals surface area contributed by atoms with Crippen LogP contribution in [0.3, 0.4) is 0 Å². The van der Waals surface area contributed by atoms with Crippen molar-refractivity contribution in [2.24, 2.45) is 0 Å². The average molecular weight is 303 g/mol. The third kappa shape index (κ3) is 3.40. The lowest BCUT2D eigenvalue weighted by molar-refractivity contribution is 0.0858. The third-order valence-electron chi connectivity index (χ3n) is 2.92. The fraction of sp³-hybridized carbons (Fsp3) is 0.538. The molecular formula is C13H18FNO4S. The van der Waals surface area contributed by atoms with E-state index in [1.54, 1.807) is 0 Å². The molecule has 7 heteroatoms. The number of hydrogen-bond acceptors (Lipinski definition) is 5. The maximum atomic E-state index is 13.8. The van der Waals surface area contributed by atoms with E-state index in [4.69, 9.17) is 9.47 Å². The van der Waals surface area contributed by atoms with Crippen LogP contribution >= 0.6 is 0 Å². The largest absolute Gasteiger partial charge is 0.483 e. The Morgan fingerprint density at radius 1 is 1.45 bits per heavy atom. The monoisotopic (exact) mass is 303 g/mol. The van der Waals surface area contributed by atoms with Gasteiger partial charge in [-0.05, 0) is 19.0 Å². The Morgan fingerprint density at radius 2 is 2.20 bits per heavy atom. The van der Waals surface area contributed by atoms with Crippen LogP contribution in [0, 0.1) is 5.82 Å². The van der Waals surface area contributed by atoms with Crippen molar-refractivity contribution in [3.8, 4) is 11.5 Å². The van der Waals surface area contributed by atoms with Crippen LogP contribution < -0.4 is 14.8 Å². The van der Waals surface area contributed by atoms with Gasteiger partial charge >= 0.3 is 0 Å². The normalized spacial score (nSPS) is 18.1. The van der Waals surface area contributed by atoms with Gasteiger partial charge in [-0.15, -0.1) is 0 Å². The summed E-state index contributed by atoms with van der Waals surface area (Å²) >= 11 is 0.